The molecule has 0 radical (unpaired) electrons. The number of rotatable bonds is 11. The van der Waals surface area contributed by atoms with Crippen LogP contribution in [0.1, 0.15) is 77.6 Å². The zero-order valence-corrected chi connectivity index (χ0v) is 36.0. The van der Waals surface area contributed by atoms with Crippen molar-refractivity contribution in [1.29, 1.82) is 0 Å². The Kier molecular flexibility index (Phi) is 11.2. The van der Waals surface area contributed by atoms with Crippen LogP contribution >= 0.6 is 0 Å². The molecule has 9 rings (SSSR count). The predicted octanol–water partition coefficient (Wildman–Crippen LogP) is 14.2. The number of H-pyrrole nitrogens is 2. The highest BCUT2D eigenvalue weighted by molar-refractivity contribution is 6.00. The summed E-state index contributed by atoms with van der Waals surface area (Å²) in [7, 11) is 1.69. The minimum atomic E-state index is 0.704. The van der Waals surface area contributed by atoms with Crippen LogP contribution in [0.25, 0.3) is 90.9 Å². The molecule has 6 nitrogen and oxygen atoms in total. The number of aromatic nitrogens is 4. The standard InChI is InChI=1S/C56H50N4O2/c1-7-9-10-11-32-62-43-22-18-41(19-23-43)55-46-25-24-44(57-46)53(39-14-12-38(8-2)13-15-39)48-28-30-50(59-48)56(52-36(4)33-35(3)34-37(52)5)51-31-29-49(60-51)54(45-26-27-47(55)58-45)40-16-20-42(61-6)21-17-40/h2,12-31,33-34,57,60H,7,9-11,32H2,1,3-6H3. The van der Waals surface area contributed by atoms with Crippen LogP contribution in [0.4, 0.5) is 0 Å². The molecule has 0 fully saturated rings. The van der Waals surface area contributed by atoms with Gasteiger partial charge in [0, 0.05) is 49.9 Å². The van der Waals surface area contributed by atoms with Gasteiger partial charge in [0.05, 0.1) is 36.5 Å². The van der Waals surface area contributed by atoms with E-state index in [1.54, 1.807) is 7.11 Å². The van der Waals surface area contributed by atoms with E-state index in [0.29, 0.717) is 6.61 Å². The molecule has 62 heavy (non-hydrogen) atoms. The van der Waals surface area contributed by atoms with Crippen molar-refractivity contribution in [2.45, 2.75) is 53.4 Å². The van der Waals surface area contributed by atoms with Gasteiger partial charge in [0.25, 0.3) is 0 Å². The van der Waals surface area contributed by atoms with Crippen molar-refractivity contribution < 1.29 is 9.47 Å². The maximum Gasteiger partial charge on any atom is 0.119 e. The number of nitrogens with one attached hydrogen (secondary N) is 2. The molecule has 6 heteroatoms. The van der Waals surface area contributed by atoms with E-state index in [2.05, 4.69) is 153 Å². The minimum absolute atomic E-state index is 0.704. The van der Waals surface area contributed by atoms with Crippen LogP contribution in [-0.2, 0) is 0 Å². The number of methoxy groups -OCH3 is 1. The van der Waals surface area contributed by atoms with Crippen LogP contribution in [-0.4, -0.2) is 33.7 Å². The van der Waals surface area contributed by atoms with Crippen molar-refractivity contribution in [2.75, 3.05) is 13.7 Å². The van der Waals surface area contributed by atoms with Gasteiger partial charge >= 0.3 is 0 Å². The first-order valence-electron chi connectivity index (χ1n) is 21.5. The summed E-state index contributed by atoms with van der Waals surface area (Å²) in [6, 6.07) is 37.9. The molecule has 0 saturated carbocycles. The molecule has 5 heterocycles. The highest BCUT2D eigenvalue weighted by Gasteiger charge is 2.20. The van der Waals surface area contributed by atoms with E-state index in [1.807, 2.05) is 24.3 Å². The maximum absolute atomic E-state index is 6.18. The Morgan fingerprint density at radius 3 is 1.40 bits per heavy atom. The smallest absolute Gasteiger partial charge is 0.119 e. The Hall–Kier alpha value is -7.36. The molecule has 2 N–H and O–H groups in total. The number of aromatic amines is 2. The molecule has 3 aromatic heterocycles. The van der Waals surface area contributed by atoms with E-state index < -0.39 is 0 Å². The van der Waals surface area contributed by atoms with Gasteiger partial charge in [0.2, 0.25) is 0 Å². The van der Waals surface area contributed by atoms with E-state index in [-0.39, 0.29) is 0 Å². The molecule has 0 unspecified atom stereocenters. The van der Waals surface area contributed by atoms with Gasteiger partial charge in [-0.15, -0.1) is 6.42 Å². The lowest BCUT2D eigenvalue weighted by atomic mass is 9.92. The lowest BCUT2D eigenvalue weighted by Gasteiger charge is -2.13. The fourth-order valence-corrected chi connectivity index (χ4v) is 8.88. The van der Waals surface area contributed by atoms with Crippen LogP contribution < -0.4 is 9.47 Å². The molecule has 0 saturated heterocycles. The molecule has 306 valence electrons. The first-order valence-corrected chi connectivity index (χ1v) is 21.5. The first-order chi connectivity index (χ1) is 30.3. The van der Waals surface area contributed by atoms with Crippen LogP contribution in [0.5, 0.6) is 11.5 Å². The normalized spacial score (nSPS) is 11.8. The molecule has 0 amide bonds. The number of terminal acetylenes is 1. The number of ether oxygens (including phenoxy) is 2. The van der Waals surface area contributed by atoms with Crippen molar-refractivity contribution in [1.82, 2.24) is 19.9 Å². The van der Waals surface area contributed by atoms with E-state index in [0.717, 1.165) is 113 Å². The summed E-state index contributed by atoms with van der Waals surface area (Å²) >= 11 is 0. The number of unbranched alkanes of at least 4 members (excludes halogenated alkanes) is 3. The van der Waals surface area contributed by atoms with Crippen LogP contribution in [0.2, 0.25) is 0 Å². The van der Waals surface area contributed by atoms with Crippen LogP contribution in [0, 0.1) is 33.1 Å². The Morgan fingerprint density at radius 2 is 0.952 bits per heavy atom. The monoisotopic (exact) mass is 810 g/mol. The topological polar surface area (TPSA) is 75.8 Å². The number of hydrogen-bond acceptors (Lipinski definition) is 4. The first kappa shape index (κ1) is 40.1. The number of fused-ring (bicyclic) bond motifs is 8. The Labute approximate surface area is 364 Å². The summed E-state index contributed by atoms with van der Waals surface area (Å²) in [6.45, 7) is 9.46. The van der Waals surface area contributed by atoms with Crippen molar-refractivity contribution in [3.63, 3.8) is 0 Å². The molecule has 4 aromatic carbocycles. The molecular weight excluding hydrogens is 761 g/mol. The van der Waals surface area contributed by atoms with Crippen LogP contribution in [0.3, 0.4) is 0 Å². The van der Waals surface area contributed by atoms with Crippen molar-refractivity contribution in [2.24, 2.45) is 0 Å². The molecule has 2 aliphatic heterocycles. The van der Waals surface area contributed by atoms with Gasteiger partial charge in [-0.1, -0.05) is 86.2 Å². The minimum Gasteiger partial charge on any atom is -0.497 e. The average Bonchev–Trinajstić information content (AvgIpc) is 4.13. The number of nitrogens with zero attached hydrogens (tertiary/aromatic N) is 2. The SMILES string of the molecule is C#Cc1ccc(-c2c3nc(c(-c4c(C)cc(C)cc4C)c4ccc([nH]4)c(-c4ccc(OC)cc4)c4nc(c(-c5ccc(OCCCCCC)cc5)c5ccc2[nH]5)C=C4)C=C3)cc1. The van der Waals surface area contributed by atoms with Gasteiger partial charge in [-0.3, -0.25) is 0 Å². The largest absolute Gasteiger partial charge is 0.497 e. The summed E-state index contributed by atoms with van der Waals surface area (Å²) in [6.07, 6.45) is 19.0. The van der Waals surface area contributed by atoms with Gasteiger partial charge in [-0.25, -0.2) is 9.97 Å². The third-order valence-electron chi connectivity index (χ3n) is 11.8. The lowest BCUT2D eigenvalue weighted by molar-refractivity contribution is 0.305. The van der Waals surface area contributed by atoms with E-state index >= 15 is 0 Å². The Bertz CT molecular complexity index is 3060. The second-order valence-electron chi connectivity index (χ2n) is 16.2. The number of hydrogen-bond donors (Lipinski definition) is 2. The molecule has 0 spiro atoms. The second-order valence-corrected chi connectivity index (χ2v) is 16.2. The molecule has 0 atom stereocenters. The van der Waals surface area contributed by atoms with Crippen molar-refractivity contribution >= 4 is 46.4 Å². The van der Waals surface area contributed by atoms with Crippen LogP contribution in [0.15, 0.2) is 109 Å². The van der Waals surface area contributed by atoms with E-state index in [1.165, 1.54) is 36.0 Å². The quantitative estimate of drug-likeness (QED) is 0.101. The zero-order chi connectivity index (χ0) is 42.7. The van der Waals surface area contributed by atoms with E-state index in [4.69, 9.17) is 25.9 Å². The summed E-state index contributed by atoms with van der Waals surface area (Å²) in [5.41, 5.74) is 19.8. The van der Waals surface area contributed by atoms with Gasteiger partial charge in [0.15, 0.2) is 0 Å². The number of benzene rings is 4. The fraction of sp³-hybridized carbons (Fsp3) is 0.179. The van der Waals surface area contributed by atoms with Gasteiger partial charge in [-0.2, -0.15) is 0 Å². The Balaban J connectivity index is 1.37. The second kappa shape index (κ2) is 17.3. The molecule has 7 aromatic rings. The van der Waals surface area contributed by atoms with Gasteiger partial charge < -0.3 is 19.4 Å². The summed E-state index contributed by atoms with van der Waals surface area (Å²) in [5.74, 6) is 4.43. The highest BCUT2D eigenvalue weighted by atomic mass is 16.5. The third kappa shape index (κ3) is 7.86. The summed E-state index contributed by atoms with van der Waals surface area (Å²) in [5, 5.41) is 0. The molecule has 2 aliphatic rings. The van der Waals surface area contributed by atoms with E-state index in [9.17, 15) is 0 Å². The van der Waals surface area contributed by atoms with Gasteiger partial charge in [0.1, 0.15) is 11.5 Å². The average molecular weight is 811 g/mol. The zero-order valence-electron chi connectivity index (χ0n) is 36.0. The summed E-state index contributed by atoms with van der Waals surface area (Å²) < 4.78 is 11.8. The molecule has 0 aliphatic carbocycles. The fourth-order valence-electron chi connectivity index (χ4n) is 8.88. The Morgan fingerprint density at radius 1 is 0.516 bits per heavy atom. The van der Waals surface area contributed by atoms with Crippen molar-refractivity contribution in [3.05, 3.63) is 154 Å². The van der Waals surface area contributed by atoms with Crippen molar-refractivity contribution in [3.8, 4) is 68.4 Å². The number of aryl methyl sites for hydroxylation is 3. The highest BCUT2D eigenvalue weighted by Crippen LogP contribution is 2.40. The lowest BCUT2D eigenvalue weighted by Crippen LogP contribution is -1.97. The molecular formula is C56H50N4O2. The predicted molar refractivity (Wildman–Crippen MR) is 259 cm³/mol. The third-order valence-corrected chi connectivity index (χ3v) is 11.8. The maximum atomic E-state index is 6.18. The molecule has 8 bridgehead atoms. The summed E-state index contributed by atoms with van der Waals surface area (Å²) in [4.78, 5) is 18.7. The van der Waals surface area contributed by atoms with Gasteiger partial charge in [-0.05, 0) is 146 Å².